The van der Waals surface area contributed by atoms with Crippen molar-refractivity contribution >= 4 is 33.6 Å². The van der Waals surface area contributed by atoms with E-state index in [2.05, 4.69) is 86.0 Å². The molecule has 4 N–H and O–H groups in total. The third kappa shape index (κ3) is 3.78. The van der Waals surface area contributed by atoms with Crippen LogP contribution in [0.1, 0.15) is 16.8 Å². The highest BCUT2D eigenvalue weighted by atomic mass is 15.1. The Morgan fingerprint density at radius 2 is 1.69 bits per heavy atom. The maximum Gasteiger partial charge on any atom is 0.224 e. The molecule has 0 saturated heterocycles. The van der Waals surface area contributed by atoms with Crippen LogP contribution < -0.4 is 10.6 Å². The van der Waals surface area contributed by atoms with E-state index in [1.165, 1.54) is 27.6 Å². The zero-order valence-electron chi connectivity index (χ0n) is 16.2. The summed E-state index contributed by atoms with van der Waals surface area (Å²) >= 11 is 0. The average Bonchev–Trinajstić information content (AvgIpc) is 3.35. The molecule has 0 amide bonds. The number of nitrogens with zero attached hydrogens (tertiary/aromatic N) is 2. The molecular formula is C23H22N6. The molecule has 144 valence electrons. The van der Waals surface area contributed by atoms with E-state index in [9.17, 15) is 0 Å². The van der Waals surface area contributed by atoms with Gasteiger partial charge >= 0.3 is 0 Å². The fraction of sp³-hybridized carbons (Fsp3) is 0.130. The molecule has 5 aromatic rings. The SMILES string of the molecule is Cc1cc2cc(CNc3ccnc(NCc4ccc5cc[nH]c5c4)n3)ccc2[nH]1. The highest BCUT2D eigenvalue weighted by Gasteiger charge is 2.03. The van der Waals surface area contributed by atoms with E-state index in [0.717, 1.165) is 16.9 Å². The number of hydrogen-bond donors (Lipinski definition) is 4. The minimum absolute atomic E-state index is 0.610. The smallest absolute Gasteiger partial charge is 0.224 e. The van der Waals surface area contributed by atoms with E-state index in [1.54, 1.807) is 6.20 Å². The molecule has 6 heteroatoms. The number of anilines is 2. The average molecular weight is 382 g/mol. The lowest BCUT2D eigenvalue weighted by atomic mass is 10.1. The molecule has 0 radical (unpaired) electrons. The van der Waals surface area contributed by atoms with E-state index in [-0.39, 0.29) is 0 Å². The third-order valence-corrected chi connectivity index (χ3v) is 5.02. The minimum Gasteiger partial charge on any atom is -0.366 e. The Labute approximate surface area is 168 Å². The largest absolute Gasteiger partial charge is 0.366 e. The molecule has 29 heavy (non-hydrogen) atoms. The van der Waals surface area contributed by atoms with Gasteiger partial charge in [0, 0.05) is 42.2 Å². The van der Waals surface area contributed by atoms with Gasteiger partial charge in [-0.2, -0.15) is 4.98 Å². The van der Waals surface area contributed by atoms with Crippen LogP contribution in [0, 0.1) is 6.92 Å². The number of H-pyrrole nitrogens is 2. The van der Waals surface area contributed by atoms with Crippen LogP contribution in [0.5, 0.6) is 0 Å². The summed E-state index contributed by atoms with van der Waals surface area (Å²) in [4.78, 5) is 15.5. The highest BCUT2D eigenvalue weighted by Crippen LogP contribution is 2.18. The van der Waals surface area contributed by atoms with Crippen molar-refractivity contribution in [3.05, 3.63) is 83.8 Å². The predicted molar refractivity (Wildman–Crippen MR) is 118 cm³/mol. The first-order valence-electron chi connectivity index (χ1n) is 9.68. The quantitative estimate of drug-likeness (QED) is 0.334. The Morgan fingerprint density at radius 3 is 2.66 bits per heavy atom. The topological polar surface area (TPSA) is 81.4 Å². The summed E-state index contributed by atoms with van der Waals surface area (Å²) in [5.41, 5.74) is 5.86. The molecule has 0 aliphatic carbocycles. The summed E-state index contributed by atoms with van der Waals surface area (Å²) in [7, 11) is 0. The first-order chi connectivity index (χ1) is 14.2. The van der Waals surface area contributed by atoms with Gasteiger partial charge in [-0.1, -0.05) is 18.2 Å². The van der Waals surface area contributed by atoms with E-state index in [0.29, 0.717) is 19.0 Å². The van der Waals surface area contributed by atoms with Crippen LogP contribution in [-0.4, -0.2) is 19.9 Å². The monoisotopic (exact) mass is 382 g/mol. The second-order valence-corrected chi connectivity index (χ2v) is 7.25. The molecule has 0 atom stereocenters. The van der Waals surface area contributed by atoms with Crippen LogP contribution in [0.15, 0.2) is 67.0 Å². The Balaban J connectivity index is 1.23. The van der Waals surface area contributed by atoms with Crippen molar-refractivity contribution in [3.8, 4) is 0 Å². The molecule has 0 fully saturated rings. The van der Waals surface area contributed by atoms with Crippen LogP contribution in [0.2, 0.25) is 0 Å². The molecule has 3 aromatic heterocycles. The van der Waals surface area contributed by atoms with Gasteiger partial charge in [0.1, 0.15) is 5.82 Å². The van der Waals surface area contributed by atoms with Crippen LogP contribution in [0.25, 0.3) is 21.8 Å². The fourth-order valence-corrected chi connectivity index (χ4v) is 3.56. The van der Waals surface area contributed by atoms with Gasteiger partial charge in [0.25, 0.3) is 0 Å². The van der Waals surface area contributed by atoms with Crippen molar-refractivity contribution in [1.82, 2.24) is 19.9 Å². The Hall–Kier alpha value is -3.80. The van der Waals surface area contributed by atoms with Gasteiger partial charge in [0.15, 0.2) is 0 Å². The van der Waals surface area contributed by atoms with E-state index >= 15 is 0 Å². The van der Waals surface area contributed by atoms with Gasteiger partial charge in [-0.15, -0.1) is 0 Å². The summed E-state index contributed by atoms with van der Waals surface area (Å²) in [5, 5.41) is 9.13. The molecule has 6 nitrogen and oxygen atoms in total. The lowest BCUT2D eigenvalue weighted by Gasteiger charge is -2.09. The maximum absolute atomic E-state index is 4.57. The van der Waals surface area contributed by atoms with E-state index in [4.69, 9.17) is 0 Å². The zero-order valence-corrected chi connectivity index (χ0v) is 16.2. The van der Waals surface area contributed by atoms with Crippen molar-refractivity contribution < 1.29 is 0 Å². The Kier molecular flexibility index (Phi) is 4.37. The standard InChI is InChI=1S/C23H22N6/c1-15-10-19-11-16(3-5-20(19)28-15)13-26-22-7-9-25-23(29-22)27-14-17-2-4-18-6-8-24-21(18)12-17/h2-12,24,28H,13-14H2,1H3,(H2,25,26,27,29). The van der Waals surface area contributed by atoms with Crippen molar-refractivity contribution in [2.45, 2.75) is 20.0 Å². The predicted octanol–water partition coefficient (Wildman–Crippen LogP) is 4.97. The number of nitrogens with one attached hydrogen (secondary N) is 4. The fourth-order valence-electron chi connectivity index (χ4n) is 3.56. The van der Waals surface area contributed by atoms with Crippen molar-refractivity contribution in [3.63, 3.8) is 0 Å². The maximum atomic E-state index is 4.57. The number of benzene rings is 2. The summed E-state index contributed by atoms with van der Waals surface area (Å²) in [6, 6.07) is 18.9. The second-order valence-electron chi connectivity index (χ2n) is 7.25. The van der Waals surface area contributed by atoms with Gasteiger partial charge in [0.05, 0.1) is 0 Å². The second kappa shape index (κ2) is 7.31. The van der Waals surface area contributed by atoms with Gasteiger partial charge in [-0.25, -0.2) is 4.98 Å². The summed E-state index contributed by atoms with van der Waals surface area (Å²) in [6.45, 7) is 3.45. The van der Waals surface area contributed by atoms with E-state index in [1.807, 2.05) is 12.3 Å². The van der Waals surface area contributed by atoms with Gasteiger partial charge in [-0.3, -0.25) is 0 Å². The van der Waals surface area contributed by atoms with Crippen molar-refractivity contribution in [2.75, 3.05) is 10.6 Å². The molecule has 0 unspecified atom stereocenters. The van der Waals surface area contributed by atoms with Gasteiger partial charge < -0.3 is 20.6 Å². The number of aryl methyl sites for hydroxylation is 1. The summed E-state index contributed by atoms with van der Waals surface area (Å²) in [6.07, 6.45) is 3.72. The molecule has 5 rings (SSSR count). The summed E-state index contributed by atoms with van der Waals surface area (Å²) < 4.78 is 0. The number of aromatic amines is 2. The molecule has 2 aromatic carbocycles. The van der Waals surface area contributed by atoms with Crippen LogP contribution in [0.4, 0.5) is 11.8 Å². The van der Waals surface area contributed by atoms with Crippen molar-refractivity contribution in [2.24, 2.45) is 0 Å². The summed E-state index contributed by atoms with van der Waals surface area (Å²) in [5.74, 6) is 1.41. The first-order valence-corrected chi connectivity index (χ1v) is 9.68. The number of aromatic nitrogens is 4. The van der Waals surface area contributed by atoms with Crippen LogP contribution >= 0.6 is 0 Å². The highest BCUT2D eigenvalue weighted by molar-refractivity contribution is 5.81. The Bertz CT molecular complexity index is 1280. The molecule has 0 aliphatic rings. The van der Waals surface area contributed by atoms with Gasteiger partial charge in [-0.05, 0) is 65.2 Å². The minimum atomic E-state index is 0.610. The van der Waals surface area contributed by atoms with Crippen molar-refractivity contribution in [1.29, 1.82) is 0 Å². The first kappa shape index (κ1) is 17.3. The van der Waals surface area contributed by atoms with Crippen LogP contribution in [-0.2, 0) is 13.1 Å². The zero-order chi connectivity index (χ0) is 19.6. The lowest BCUT2D eigenvalue weighted by Crippen LogP contribution is -2.06. The Morgan fingerprint density at radius 1 is 0.828 bits per heavy atom. The van der Waals surface area contributed by atoms with Gasteiger partial charge in [0.2, 0.25) is 5.95 Å². The number of fused-ring (bicyclic) bond motifs is 2. The molecule has 0 aliphatic heterocycles. The number of rotatable bonds is 6. The third-order valence-electron chi connectivity index (χ3n) is 5.02. The molecule has 0 spiro atoms. The lowest BCUT2D eigenvalue weighted by molar-refractivity contribution is 1.04. The molecular weight excluding hydrogens is 360 g/mol. The normalized spacial score (nSPS) is 11.2. The molecule has 0 bridgehead atoms. The van der Waals surface area contributed by atoms with Crippen LogP contribution in [0.3, 0.4) is 0 Å². The van der Waals surface area contributed by atoms with E-state index < -0.39 is 0 Å². The molecule has 0 saturated carbocycles. The number of hydrogen-bond acceptors (Lipinski definition) is 4. The molecule has 3 heterocycles.